The molecule has 0 amide bonds. The molecule has 174 valence electrons. The van der Waals surface area contributed by atoms with Crippen LogP contribution in [0.4, 0.5) is 0 Å². The number of aliphatic hydroxyl groups excluding tert-OH is 1. The third kappa shape index (κ3) is 5.48. The molecule has 1 heterocycles. The van der Waals surface area contributed by atoms with Gasteiger partial charge >= 0.3 is 17.9 Å². The second-order valence-electron chi connectivity index (χ2n) is 7.50. The first-order chi connectivity index (χ1) is 16.5. The summed E-state index contributed by atoms with van der Waals surface area (Å²) in [6.07, 6.45) is -5.22. The number of carbonyl (C=O) groups is 3. The van der Waals surface area contributed by atoms with Crippen molar-refractivity contribution in [2.75, 3.05) is 6.61 Å². The molecule has 1 aliphatic rings. The van der Waals surface area contributed by atoms with Crippen molar-refractivity contribution in [3.05, 3.63) is 108 Å². The average molecular weight is 462 g/mol. The van der Waals surface area contributed by atoms with Gasteiger partial charge in [-0.05, 0) is 36.4 Å². The molecule has 1 unspecified atom stereocenters. The quantitative estimate of drug-likeness (QED) is 0.422. The first-order valence-electron chi connectivity index (χ1n) is 10.6. The van der Waals surface area contributed by atoms with Crippen LogP contribution in [-0.2, 0) is 18.9 Å². The molecule has 0 bridgehead atoms. The third-order valence-corrected chi connectivity index (χ3v) is 5.18. The SMILES string of the molecule is O=C(OC[C@H]1O[C@@H](O)C(OC(=O)c2ccccc2)[C@@H]1OC(=O)c1ccccc1)c1ccccc1. The molecule has 0 spiro atoms. The molecule has 1 aliphatic heterocycles. The molecule has 34 heavy (non-hydrogen) atoms. The predicted molar refractivity (Wildman–Crippen MR) is 119 cm³/mol. The summed E-state index contributed by atoms with van der Waals surface area (Å²) < 4.78 is 21.8. The Kier molecular flexibility index (Phi) is 7.31. The molecule has 1 fully saturated rings. The van der Waals surface area contributed by atoms with Crippen molar-refractivity contribution in [3.8, 4) is 0 Å². The van der Waals surface area contributed by atoms with Crippen LogP contribution in [0.15, 0.2) is 91.0 Å². The molecule has 8 heteroatoms. The Hall–Kier alpha value is -4.01. The number of benzene rings is 3. The molecule has 3 aromatic carbocycles. The van der Waals surface area contributed by atoms with Gasteiger partial charge in [0, 0.05) is 0 Å². The zero-order valence-electron chi connectivity index (χ0n) is 18.0. The van der Waals surface area contributed by atoms with Crippen LogP contribution in [0.2, 0.25) is 0 Å². The van der Waals surface area contributed by atoms with E-state index in [0.29, 0.717) is 5.56 Å². The molecule has 0 aromatic heterocycles. The van der Waals surface area contributed by atoms with Crippen LogP contribution in [-0.4, -0.2) is 54.2 Å². The van der Waals surface area contributed by atoms with Crippen molar-refractivity contribution in [1.82, 2.24) is 0 Å². The second-order valence-corrected chi connectivity index (χ2v) is 7.50. The van der Waals surface area contributed by atoms with Crippen molar-refractivity contribution in [2.45, 2.75) is 24.6 Å². The minimum Gasteiger partial charge on any atom is -0.459 e. The first kappa shape index (κ1) is 23.2. The molecular formula is C26H22O8. The molecular weight excluding hydrogens is 440 g/mol. The van der Waals surface area contributed by atoms with Crippen LogP contribution < -0.4 is 0 Å². The third-order valence-electron chi connectivity index (χ3n) is 5.18. The van der Waals surface area contributed by atoms with E-state index in [0.717, 1.165) is 0 Å². The maximum Gasteiger partial charge on any atom is 0.338 e. The molecule has 4 atom stereocenters. The van der Waals surface area contributed by atoms with Crippen LogP contribution >= 0.6 is 0 Å². The molecule has 0 saturated carbocycles. The van der Waals surface area contributed by atoms with E-state index >= 15 is 0 Å². The fraction of sp³-hybridized carbons (Fsp3) is 0.192. The summed E-state index contributed by atoms with van der Waals surface area (Å²) in [6, 6.07) is 24.7. The maximum absolute atomic E-state index is 12.7. The number of hydrogen-bond acceptors (Lipinski definition) is 8. The Morgan fingerprint density at radius 2 is 1.06 bits per heavy atom. The fourth-order valence-electron chi connectivity index (χ4n) is 3.46. The van der Waals surface area contributed by atoms with Gasteiger partial charge in [0.05, 0.1) is 16.7 Å². The minimum absolute atomic E-state index is 0.252. The van der Waals surface area contributed by atoms with Crippen molar-refractivity contribution >= 4 is 17.9 Å². The average Bonchev–Trinajstić information content (AvgIpc) is 3.17. The number of hydrogen-bond donors (Lipinski definition) is 1. The van der Waals surface area contributed by atoms with Crippen LogP contribution in [0.3, 0.4) is 0 Å². The van der Waals surface area contributed by atoms with Crippen molar-refractivity contribution in [1.29, 1.82) is 0 Å². The summed E-state index contributed by atoms with van der Waals surface area (Å²) in [7, 11) is 0. The molecule has 0 radical (unpaired) electrons. The van der Waals surface area contributed by atoms with E-state index in [4.69, 9.17) is 18.9 Å². The van der Waals surface area contributed by atoms with Crippen molar-refractivity contribution < 1.29 is 38.4 Å². The molecule has 1 saturated heterocycles. The van der Waals surface area contributed by atoms with Crippen molar-refractivity contribution in [3.63, 3.8) is 0 Å². The van der Waals surface area contributed by atoms with Gasteiger partial charge in [0.25, 0.3) is 0 Å². The number of ether oxygens (including phenoxy) is 4. The van der Waals surface area contributed by atoms with Crippen LogP contribution in [0, 0.1) is 0 Å². The second kappa shape index (κ2) is 10.7. The van der Waals surface area contributed by atoms with Crippen LogP contribution in [0.5, 0.6) is 0 Å². The number of esters is 3. The predicted octanol–water partition coefficient (Wildman–Crippen LogP) is 3.01. The highest BCUT2D eigenvalue weighted by Crippen LogP contribution is 2.28. The lowest BCUT2D eigenvalue weighted by molar-refractivity contribution is -0.135. The largest absolute Gasteiger partial charge is 0.459 e. The molecule has 1 N–H and O–H groups in total. The van der Waals surface area contributed by atoms with Crippen LogP contribution in [0.25, 0.3) is 0 Å². The highest BCUT2D eigenvalue weighted by molar-refractivity contribution is 5.90. The normalized spacial score (nSPS) is 21.4. The first-order valence-corrected chi connectivity index (χ1v) is 10.6. The molecule has 0 aliphatic carbocycles. The van der Waals surface area contributed by atoms with Gasteiger partial charge in [-0.2, -0.15) is 0 Å². The lowest BCUT2D eigenvalue weighted by Gasteiger charge is -2.23. The summed E-state index contributed by atoms with van der Waals surface area (Å²) in [5, 5.41) is 10.5. The Balaban J connectivity index is 1.51. The number of rotatable bonds is 7. The highest BCUT2D eigenvalue weighted by atomic mass is 16.7. The van der Waals surface area contributed by atoms with E-state index in [1.807, 2.05) is 0 Å². The van der Waals surface area contributed by atoms with Gasteiger partial charge in [-0.25, -0.2) is 14.4 Å². The molecule has 3 aromatic rings. The standard InChI is InChI=1S/C26H22O8/c27-23(17-10-4-1-5-11-17)31-16-20-21(33-24(28)18-12-6-2-7-13-18)22(26(30)32-20)34-25(29)19-14-8-3-9-15-19/h1-15,20-22,26,30H,16H2/t20-,21-,22?,26-/m1/s1. The van der Waals surface area contributed by atoms with Gasteiger partial charge in [0.15, 0.2) is 18.5 Å². The lowest BCUT2D eigenvalue weighted by Crippen LogP contribution is -2.42. The van der Waals surface area contributed by atoms with E-state index in [1.54, 1.807) is 91.0 Å². The monoisotopic (exact) mass is 462 g/mol. The van der Waals surface area contributed by atoms with Gasteiger partial charge in [0.1, 0.15) is 12.7 Å². The molecule has 4 rings (SSSR count). The maximum atomic E-state index is 12.7. The Labute approximate surface area is 195 Å². The summed E-state index contributed by atoms with van der Waals surface area (Å²) in [4.78, 5) is 37.6. The zero-order valence-corrected chi connectivity index (χ0v) is 18.0. The Bertz CT molecular complexity index is 1120. The summed E-state index contributed by atoms with van der Waals surface area (Å²) >= 11 is 0. The van der Waals surface area contributed by atoms with Gasteiger partial charge in [-0.1, -0.05) is 54.6 Å². The van der Waals surface area contributed by atoms with Crippen molar-refractivity contribution in [2.24, 2.45) is 0 Å². The van der Waals surface area contributed by atoms with E-state index in [1.165, 1.54) is 0 Å². The minimum atomic E-state index is -1.60. The number of carbonyl (C=O) groups excluding carboxylic acids is 3. The number of aliphatic hydroxyl groups is 1. The van der Waals surface area contributed by atoms with Gasteiger partial charge < -0.3 is 24.1 Å². The lowest BCUT2D eigenvalue weighted by atomic mass is 10.1. The molecule has 8 nitrogen and oxygen atoms in total. The smallest absolute Gasteiger partial charge is 0.338 e. The summed E-state index contributed by atoms with van der Waals surface area (Å²) in [5.41, 5.74) is 0.838. The van der Waals surface area contributed by atoms with Gasteiger partial charge in [-0.3, -0.25) is 0 Å². The van der Waals surface area contributed by atoms with Gasteiger partial charge in [-0.15, -0.1) is 0 Å². The van der Waals surface area contributed by atoms with Gasteiger partial charge in [0.2, 0.25) is 0 Å². The summed E-state index contributed by atoms with van der Waals surface area (Å²) in [6.45, 7) is -0.336. The van der Waals surface area contributed by atoms with E-state index in [-0.39, 0.29) is 17.7 Å². The Morgan fingerprint density at radius 1 is 0.647 bits per heavy atom. The van der Waals surface area contributed by atoms with E-state index in [9.17, 15) is 19.5 Å². The van der Waals surface area contributed by atoms with E-state index < -0.39 is 42.5 Å². The Morgan fingerprint density at radius 3 is 1.53 bits per heavy atom. The zero-order chi connectivity index (χ0) is 23.9. The fourth-order valence-corrected chi connectivity index (χ4v) is 3.46. The van der Waals surface area contributed by atoms with Crippen LogP contribution in [0.1, 0.15) is 31.1 Å². The highest BCUT2D eigenvalue weighted by Gasteiger charge is 2.50. The topological polar surface area (TPSA) is 108 Å². The summed E-state index contributed by atoms with van der Waals surface area (Å²) in [5.74, 6) is -2.05. The van der Waals surface area contributed by atoms with E-state index in [2.05, 4.69) is 0 Å².